The Hall–Kier alpha value is -2.15. The van der Waals surface area contributed by atoms with E-state index in [0.717, 1.165) is 12.8 Å². The standard InChI is InChI=1S/C13H17N3O4/c1-20-12-7-10(16(18)19)4-5-11(12)13(17)15-6-2-3-9(14)8-15/h4-5,7,9H,2-3,6,8,14H2,1H3/t9-/m1/s1. The van der Waals surface area contributed by atoms with Gasteiger partial charge in [0, 0.05) is 25.2 Å². The Morgan fingerprint density at radius 3 is 2.90 bits per heavy atom. The van der Waals surface area contributed by atoms with Crippen LogP contribution in [0.15, 0.2) is 18.2 Å². The minimum atomic E-state index is -0.520. The number of hydrogen-bond acceptors (Lipinski definition) is 5. The van der Waals surface area contributed by atoms with Crippen LogP contribution in [-0.2, 0) is 0 Å². The highest BCUT2D eigenvalue weighted by atomic mass is 16.6. The number of nitro groups is 1. The first kappa shape index (κ1) is 14.3. The number of ether oxygens (including phenoxy) is 1. The lowest BCUT2D eigenvalue weighted by Gasteiger charge is -2.31. The highest BCUT2D eigenvalue weighted by Gasteiger charge is 2.25. The molecule has 1 heterocycles. The van der Waals surface area contributed by atoms with Gasteiger partial charge in [-0.15, -0.1) is 0 Å². The summed E-state index contributed by atoms with van der Waals surface area (Å²) in [4.78, 5) is 24.3. The number of likely N-dealkylation sites (tertiary alicyclic amines) is 1. The van der Waals surface area contributed by atoms with E-state index in [1.165, 1.54) is 25.3 Å². The zero-order valence-corrected chi connectivity index (χ0v) is 11.2. The number of nitro benzene ring substituents is 1. The van der Waals surface area contributed by atoms with Gasteiger partial charge < -0.3 is 15.4 Å². The molecule has 0 radical (unpaired) electrons. The van der Waals surface area contributed by atoms with Crippen LogP contribution in [-0.4, -0.2) is 42.0 Å². The Morgan fingerprint density at radius 2 is 2.30 bits per heavy atom. The predicted octanol–water partition coefficient (Wildman–Crippen LogP) is 1.17. The molecule has 1 fully saturated rings. The maximum Gasteiger partial charge on any atom is 0.273 e. The highest BCUT2D eigenvalue weighted by molar-refractivity contribution is 5.97. The Bertz CT molecular complexity index is 532. The van der Waals surface area contributed by atoms with E-state index < -0.39 is 4.92 Å². The van der Waals surface area contributed by atoms with Crippen molar-refractivity contribution in [3.63, 3.8) is 0 Å². The number of nitrogens with two attached hydrogens (primary N) is 1. The molecule has 0 spiro atoms. The summed E-state index contributed by atoms with van der Waals surface area (Å²) in [5.41, 5.74) is 6.08. The van der Waals surface area contributed by atoms with E-state index in [9.17, 15) is 14.9 Å². The van der Waals surface area contributed by atoms with Crippen LogP contribution in [0.5, 0.6) is 5.75 Å². The van der Waals surface area contributed by atoms with E-state index in [1.807, 2.05) is 0 Å². The van der Waals surface area contributed by atoms with Gasteiger partial charge in [-0.25, -0.2) is 0 Å². The first-order chi connectivity index (χ1) is 9.52. The molecule has 7 heteroatoms. The maximum atomic E-state index is 12.4. The molecule has 0 unspecified atom stereocenters. The van der Waals surface area contributed by atoms with Gasteiger partial charge in [-0.2, -0.15) is 0 Å². The molecule has 7 nitrogen and oxygen atoms in total. The summed E-state index contributed by atoms with van der Waals surface area (Å²) in [6.07, 6.45) is 1.77. The summed E-state index contributed by atoms with van der Waals surface area (Å²) in [6, 6.07) is 3.98. The van der Waals surface area contributed by atoms with Crippen LogP contribution >= 0.6 is 0 Å². The van der Waals surface area contributed by atoms with Crippen LogP contribution < -0.4 is 10.5 Å². The molecule has 1 aromatic carbocycles. The molecule has 1 atom stereocenters. The minimum absolute atomic E-state index is 0.0169. The molecule has 1 saturated heterocycles. The molecule has 0 aromatic heterocycles. The minimum Gasteiger partial charge on any atom is -0.496 e. The number of rotatable bonds is 3. The number of methoxy groups -OCH3 is 1. The predicted molar refractivity (Wildman–Crippen MR) is 72.8 cm³/mol. The van der Waals surface area contributed by atoms with Gasteiger partial charge in [0.2, 0.25) is 0 Å². The van der Waals surface area contributed by atoms with Crippen molar-refractivity contribution < 1.29 is 14.5 Å². The van der Waals surface area contributed by atoms with Crippen molar-refractivity contribution in [3.8, 4) is 5.75 Å². The molecule has 108 valence electrons. The molecule has 1 aliphatic heterocycles. The Morgan fingerprint density at radius 1 is 1.55 bits per heavy atom. The number of carbonyl (C=O) groups excluding carboxylic acids is 1. The molecule has 0 bridgehead atoms. The van der Waals surface area contributed by atoms with Crippen molar-refractivity contribution in [1.82, 2.24) is 4.90 Å². The SMILES string of the molecule is COc1cc([N+](=O)[O-])ccc1C(=O)N1CCC[C@@H](N)C1. The van der Waals surface area contributed by atoms with Crippen molar-refractivity contribution in [1.29, 1.82) is 0 Å². The highest BCUT2D eigenvalue weighted by Crippen LogP contribution is 2.26. The summed E-state index contributed by atoms with van der Waals surface area (Å²) < 4.78 is 5.09. The van der Waals surface area contributed by atoms with E-state index in [-0.39, 0.29) is 23.4 Å². The summed E-state index contributed by atoms with van der Waals surface area (Å²) in [5.74, 6) is 0.00948. The fraction of sp³-hybridized carbons (Fsp3) is 0.462. The van der Waals surface area contributed by atoms with Gasteiger partial charge in [-0.05, 0) is 18.9 Å². The molecule has 2 N–H and O–H groups in total. The first-order valence-electron chi connectivity index (χ1n) is 6.40. The van der Waals surface area contributed by atoms with Crippen LogP contribution in [0.3, 0.4) is 0 Å². The topological polar surface area (TPSA) is 98.7 Å². The molecule has 1 amide bonds. The lowest BCUT2D eigenvalue weighted by Crippen LogP contribution is -2.45. The van der Waals surface area contributed by atoms with Crippen LogP contribution in [0.25, 0.3) is 0 Å². The van der Waals surface area contributed by atoms with Gasteiger partial charge in [0.15, 0.2) is 0 Å². The zero-order chi connectivity index (χ0) is 14.7. The van der Waals surface area contributed by atoms with Gasteiger partial charge in [0.1, 0.15) is 5.75 Å². The van der Waals surface area contributed by atoms with Gasteiger partial charge in [0.05, 0.1) is 23.7 Å². The molecule has 20 heavy (non-hydrogen) atoms. The van der Waals surface area contributed by atoms with Crippen molar-refractivity contribution in [3.05, 3.63) is 33.9 Å². The lowest BCUT2D eigenvalue weighted by atomic mass is 10.0. The fourth-order valence-corrected chi connectivity index (χ4v) is 2.33. The van der Waals surface area contributed by atoms with Crippen molar-refractivity contribution in [2.75, 3.05) is 20.2 Å². The smallest absolute Gasteiger partial charge is 0.273 e. The third-order valence-corrected chi connectivity index (χ3v) is 3.37. The second-order valence-corrected chi connectivity index (χ2v) is 4.80. The van der Waals surface area contributed by atoms with Gasteiger partial charge >= 0.3 is 0 Å². The maximum absolute atomic E-state index is 12.4. The fourth-order valence-electron chi connectivity index (χ4n) is 2.33. The molecular formula is C13H17N3O4. The Balaban J connectivity index is 2.27. The van der Waals surface area contributed by atoms with E-state index in [1.54, 1.807) is 4.90 Å². The van der Waals surface area contributed by atoms with E-state index >= 15 is 0 Å². The van der Waals surface area contributed by atoms with Crippen LogP contribution in [0.1, 0.15) is 23.2 Å². The normalized spacial score (nSPS) is 18.7. The largest absolute Gasteiger partial charge is 0.496 e. The number of hydrogen-bond donors (Lipinski definition) is 1. The first-order valence-corrected chi connectivity index (χ1v) is 6.40. The molecule has 1 aromatic rings. The summed E-state index contributed by atoms with van der Waals surface area (Å²) in [5, 5.41) is 10.7. The molecular weight excluding hydrogens is 262 g/mol. The molecule has 0 saturated carbocycles. The van der Waals surface area contributed by atoms with Crippen LogP contribution in [0, 0.1) is 10.1 Å². The van der Waals surface area contributed by atoms with Gasteiger partial charge in [-0.1, -0.05) is 0 Å². The summed E-state index contributed by atoms with van der Waals surface area (Å²) in [6.45, 7) is 1.14. The Labute approximate surface area is 116 Å². The molecule has 0 aliphatic carbocycles. The third-order valence-electron chi connectivity index (χ3n) is 3.37. The van der Waals surface area contributed by atoms with Crippen molar-refractivity contribution >= 4 is 11.6 Å². The monoisotopic (exact) mass is 279 g/mol. The third kappa shape index (κ3) is 2.88. The van der Waals surface area contributed by atoms with Crippen molar-refractivity contribution in [2.45, 2.75) is 18.9 Å². The number of benzene rings is 1. The lowest BCUT2D eigenvalue weighted by molar-refractivity contribution is -0.384. The average Bonchev–Trinajstić information content (AvgIpc) is 2.45. The Kier molecular flexibility index (Phi) is 4.19. The van der Waals surface area contributed by atoms with Crippen LogP contribution in [0.4, 0.5) is 5.69 Å². The second-order valence-electron chi connectivity index (χ2n) is 4.80. The van der Waals surface area contributed by atoms with E-state index in [0.29, 0.717) is 18.7 Å². The number of carbonyl (C=O) groups is 1. The summed E-state index contributed by atoms with van der Waals surface area (Å²) >= 11 is 0. The van der Waals surface area contributed by atoms with E-state index in [2.05, 4.69) is 0 Å². The zero-order valence-electron chi connectivity index (χ0n) is 11.2. The number of amides is 1. The van der Waals surface area contributed by atoms with E-state index in [4.69, 9.17) is 10.5 Å². The number of non-ortho nitro benzene ring substituents is 1. The number of piperidine rings is 1. The van der Waals surface area contributed by atoms with Crippen LogP contribution in [0.2, 0.25) is 0 Å². The van der Waals surface area contributed by atoms with Gasteiger partial charge in [0.25, 0.3) is 11.6 Å². The van der Waals surface area contributed by atoms with Crippen molar-refractivity contribution in [2.24, 2.45) is 5.73 Å². The van der Waals surface area contributed by atoms with Gasteiger partial charge in [-0.3, -0.25) is 14.9 Å². The number of nitrogens with zero attached hydrogens (tertiary/aromatic N) is 2. The quantitative estimate of drug-likeness (QED) is 0.661. The molecule has 2 rings (SSSR count). The molecule has 1 aliphatic rings. The second kappa shape index (κ2) is 5.87. The summed E-state index contributed by atoms with van der Waals surface area (Å²) in [7, 11) is 1.39. The average molecular weight is 279 g/mol.